The van der Waals surface area contributed by atoms with E-state index < -0.39 is 41.0 Å². The molecule has 1 aromatic rings. The van der Waals surface area contributed by atoms with Crippen molar-refractivity contribution >= 4 is 5.96 Å². The topological polar surface area (TPSA) is 69.1 Å². The maximum atomic E-state index is 13.8. The molecule has 1 unspecified atom stereocenters. The smallest absolute Gasteiger partial charge is 0.191 e. The molecule has 3 N–H and O–H groups in total. The molecule has 0 bridgehead atoms. The van der Waals surface area contributed by atoms with Crippen LogP contribution in [0.3, 0.4) is 0 Å². The molecule has 0 amide bonds. The van der Waals surface area contributed by atoms with Crippen LogP contribution in [0.2, 0.25) is 0 Å². The van der Waals surface area contributed by atoms with E-state index in [4.69, 9.17) is 4.74 Å². The zero-order valence-electron chi connectivity index (χ0n) is 16.0. The average molecular weight is 406 g/mol. The van der Waals surface area contributed by atoms with E-state index >= 15 is 0 Å². The van der Waals surface area contributed by atoms with Crippen molar-refractivity contribution in [1.82, 2.24) is 15.5 Å². The molecule has 1 aliphatic heterocycles. The van der Waals surface area contributed by atoms with Crippen molar-refractivity contribution in [3.8, 4) is 0 Å². The number of aliphatic imine (C=N–C) groups is 1. The minimum Gasteiger partial charge on any atom is -0.387 e. The quantitative estimate of drug-likeness (QED) is 0.276. The Morgan fingerprint density at radius 2 is 1.79 bits per heavy atom. The van der Waals surface area contributed by atoms with Crippen LogP contribution < -0.4 is 10.6 Å². The van der Waals surface area contributed by atoms with Gasteiger partial charge in [0.2, 0.25) is 0 Å². The van der Waals surface area contributed by atoms with E-state index in [2.05, 4.69) is 20.5 Å². The molecule has 0 aliphatic carbocycles. The number of nitrogens with one attached hydrogen (secondary N) is 2. The van der Waals surface area contributed by atoms with Crippen molar-refractivity contribution in [3.05, 3.63) is 34.9 Å². The maximum Gasteiger partial charge on any atom is 0.191 e. The van der Waals surface area contributed by atoms with Crippen LogP contribution in [0.1, 0.15) is 19.4 Å². The highest BCUT2D eigenvalue weighted by atomic mass is 19.2. The second-order valence-electron chi connectivity index (χ2n) is 6.88. The summed E-state index contributed by atoms with van der Waals surface area (Å²) in [4.78, 5) is 6.04. The summed E-state index contributed by atoms with van der Waals surface area (Å²) < 4.78 is 59.4. The summed E-state index contributed by atoms with van der Waals surface area (Å²) in [6, 6.07) is 0.157. The van der Waals surface area contributed by atoms with E-state index in [1.807, 2.05) is 0 Å². The first kappa shape index (κ1) is 22.4. The fraction of sp³-hybridized carbons (Fsp3) is 0.611. The number of hydrogen-bond acceptors (Lipinski definition) is 4. The van der Waals surface area contributed by atoms with Gasteiger partial charge < -0.3 is 20.5 Å². The summed E-state index contributed by atoms with van der Waals surface area (Å²) in [6.45, 7) is 6.44. The molecule has 1 heterocycles. The van der Waals surface area contributed by atoms with Gasteiger partial charge in [-0.05, 0) is 13.8 Å². The molecule has 0 spiro atoms. The predicted octanol–water partition coefficient (Wildman–Crippen LogP) is 1.38. The molecule has 10 heteroatoms. The normalized spacial score (nSPS) is 18.0. The van der Waals surface area contributed by atoms with Crippen LogP contribution in [0, 0.1) is 23.3 Å². The van der Waals surface area contributed by atoms with Gasteiger partial charge in [-0.3, -0.25) is 4.90 Å². The van der Waals surface area contributed by atoms with Gasteiger partial charge >= 0.3 is 0 Å². The Hall–Kier alpha value is -1.91. The number of morpholine rings is 1. The zero-order valence-corrected chi connectivity index (χ0v) is 16.0. The third kappa shape index (κ3) is 6.32. The van der Waals surface area contributed by atoms with Gasteiger partial charge in [0.25, 0.3) is 0 Å². The van der Waals surface area contributed by atoms with Crippen LogP contribution in [0.15, 0.2) is 11.1 Å². The Labute approximate surface area is 161 Å². The van der Waals surface area contributed by atoms with Gasteiger partial charge in [-0.1, -0.05) is 0 Å². The van der Waals surface area contributed by atoms with Crippen molar-refractivity contribution in [1.29, 1.82) is 0 Å². The second kappa shape index (κ2) is 10.0. The number of aliphatic hydroxyl groups is 1. The summed E-state index contributed by atoms with van der Waals surface area (Å²) in [6.07, 6.45) is 0. The van der Waals surface area contributed by atoms with Crippen LogP contribution in [-0.4, -0.2) is 67.5 Å². The van der Waals surface area contributed by atoms with Crippen LogP contribution in [0.5, 0.6) is 0 Å². The standard InChI is InChI=1S/C18H26F4N4O2/c1-3-23-17(24-9-12-15(21)13(19)8-14(20)16(12)22)25-10-18(2,27)11-26-4-6-28-7-5-26/h8,27H,3-7,9-11H2,1-2H3,(H2,23,24,25). The highest BCUT2D eigenvalue weighted by Crippen LogP contribution is 2.20. The first-order valence-corrected chi connectivity index (χ1v) is 9.10. The molecular weight excluding hydrogens is 380 g/mol. The Morgan fingerprint density at radius 3 is 2.36 bits per heavy atom. The van der Waals surface area contributed by atoms with E-state index in [-0.39, 0.29) is 18.6 Å². The van der Waals surface area contributed by atoms with Crippen LogP contribution in [-0.2, 0) is 11.3 Å². The van der Waals surface area contributed by atoms with Crippen molar-refractivity contribution < 1.29 is 27.4 Å². The molecule has 28 heavy (non-hydrogen) atoms. The molecule has 1 aliphatic rings. The molecule has 1 saturated heterocycles. The Morgan fingerprint density at radius 1 is 1.18 bits per heavy atom. The lowest BCUT2D eigenvalue weighted by molar-refractivity contribution is -0.0201. The Balaban J connectivity index is 2.02. The summed E-state index contributed by atoms with van der Waals surface area (Å²) in [7, 11) is 0. The van der Waals surface area contributed by atoms with Crippen molar-refractivity contribution in [2.24, 2.45) is 4.99 Å². The minimum absolute atomic E-state index is 0.110. The maximum absolute atomic E-state index is 13.8. The van der Waals surface area contributed by atoms with Gasteiger partial charge in [-0.25, -0.2) is 22.6 Å². The number of hydrogen-bond donors (Lipinski definition) is 3. The molecule has 0 radical (unpaired) electrons. The van der Waals surface area contributed by atoms with Crippen LogP contribution >= 0.6 is 0 Å². The highest BCUT2D eigenvalue weighted by molar-refractivity contribution is 5.79. The fourth-order valence-corrected chi connectivity index (χ4v) is 2.83. The lowest BCUT2D eigenvalue weighted by Gasteiger charge is -2.34. The van der Waals surface area contributed by atoms with Gasteiger partial charge in [-0.15, -0.1) is 0 Å². The zero-order chi connectivity index (χ0) is 20.7. The number of benzene rings is 1. The SMILES string of the molecule is CCNC(=NCc1c(F)c(F)cc(F)c1F)NCC(C)(O)CN1CCOCC1. The highest BCUT2D eigenvalue weighted by Gasteiger charge is 2.25. The van der Waals surface area contributed by atoms with Crippen molar-refractivity contribution in [2.75, 3.05) is 45.9 Å². The number of guanidine groups is 1. The van der Waals surface area contributed by atoms with Gasteiger partial charge in [0, 0.05) is 38.8 Å². The molecule has 1 atom stereocenters. The number of halogens is 4. The van der Waals surface area contributed by atoms with Crippen LogP contribution in [0.4, 0.5) is 17.6 Å². The van der Waals surface area contributed by atoms with Gasteiger partial charge in [0.15, 0.2) is 29.2 Å². The molecule has 6 nitrogen and oxygen atoms in total. The molecule has 0 aromatic heterocycles. The van der Waals surface area contributed by atoms with E-state index in [1.54, 1.807) is 13.8 Å². The molecule has 2 rings (SSSR count). The third-order valence-electron chi connectivity index (χ3n) is 4.25. The summed E-state index contributed by atoms with van der Waals surface area (Å²) in [5.74, 6) is -5.74. The predicted molar refractivity (Wildman–Crippen MR) is 97.0 cm³/mol. The second-order valence-corrected chi connectivity index (χ2v) is 6.88. The van der Waals surface area contributed by atoms with E-state index in [1.165, 1.54) is 0 Å². The number of ether oxygens (including phenoxy) is 1. The summed E-state index contributed by atoms with van der Waals surface area (Å²) >= 11 is 0. The first-order valence-electron chi connectivity index (χ1n) is 9.10. The van der Waals surface area contributed by atoms with E-state index in [0.717, 1.165) is 0 Å². The van der Waals surface area contributed by atoms with Gasteiger partial charge in [-0.2, -0.15) is 0 Å². The van der Waals surface area contributed by atoms with Crippen molar-refractivity contribution in [2.45, 2.75) is 26.0 Å². The molecule has 0 saturated carbocycles. The number of nitrogens with zero attached hydrogens (tertiary/aromatic N) is 2. The third-order valence-corrected chi connectivity index (χ3v) is 4.25. The van der Waals surface area contributed by atoms with Gasteiger partial charge in [0.05, 0.1) is 30.9 Å². The summed E-state index contributed by atoms with van der Waals surface area (Å²) in [5.41, 5.74) is -1.90. The number of β-amino-alcohol motifs (C(OH)–C–C–N with tert-alkyl or cyclic N) is 1. The Bertz CT molecular complexity index is 668. The monoisotopic (exact) mass is 406 g/mol. The fourth-order valence-electron chi connectivity index (χ4n) is 2.83. The first-order chi connectivity index (χ1) is 13.2. The summed E-state index contributed by atoms with van der Waals surface area (Å²) in [5, 5.41) is 16.3. The molecule has 1 aromatic carbocycles. The lowest BCUT2D eigenvalue weighted by atomic mass is 10.1. The van der Waals surface area contributed by atoms with Crippen molar-refractivity contribution in [3.63, 3.8) is 0 Å². The lowest BCUT2D eigenvalue weighted by Crippen LogP contribution is -2.53. The average Bonchev–Trinajstić information content (AvgIpc) is 2.65. The Kier molecular flexibility index (Phi) is 8.02. The van der Waals surface area contributed by atoms with Gasteiger partial charge in [0.1, 0.15) is 0 Å². The van der Waals surface area contributed by atoms with E-state index in [0.29, 0.717) is 39.4 Å². The largest absolute Gasteiger partial charge is 0.387 e. The molecule has 1 fully saturated rings. The van der Waals surface area contributed by atoms with Crippen LogP contribution in [0.25, 0.3) is 0 Å². The van der Waals surface area contributed by atoms with E-state index in [9.17, 15) is 22.7 Å². The molecular formula is C18H26F4N4O2. The minimum atomic E-state index is -1.48. The number of rotatable bonds is 7. The molecule has 158 valence electrons.